The molecule has 1 aromatic carbocycles. The first-order chi connectivity index (χ1) is 13.5. The standard InChI is InChI=1S/C19H25N3O5S/c1-13-10-21-19(24)22-18(13)28-16(12-27-9-8-25-2)17(23)20-11-14-4-6-15(26-3)7-5-14/h4-7,10,16H,8-9,11-12H2,1-3H3,(H,20,23)(H,21,22,24). The fourth-order valence-electron chi connectivity index (χ4n) is 2.24. The van der Waals surface area contributed by atoms with Gasteiger partial charge in [0.05, 0.1) is 26.9 Å². The number of methoxy groups -OCH3 is 2. The first-order valence-electron chi connectivity index (χ1n) is 8.73. The van der Waals surface area contributed by atoms with Crippen LogP contribution in [0.5, 0.6) is 5.75 Å². The van der Waals surface area contributed by atoms with Crippen molar-refractivity contribution in [3.63, 3.8) is 0 Å². The van der Waals surface area contributed by atoms with Crippen molar-refractivity contribution >= 4 is 17.7 Å². The van der Waals surface area contributed by atoms with Gasteiger partial charge in [-0.25, -0.2) is 4.79 Å². The lowest BCUT2D eigenvalue weighted by molar-refractivity contribution is -0.121. The Hall–Kier alpha value is -2.36. The van der Waals surface area contributed by atoms with Gasteiger partial charge in [-0.05, 0) is 30.2 Å². The Morgan fingerprint density at radius 2 is 2.00 bits per heavy atom. The number of nitrogens with one attached hydrogen (secondary N) is 2. The maximum absolute atomic E-state index is 12.7. The van der Waals surface area contributed by atoms with Crippen LogP contribution in [0.2, 0.25) is 0 Å². The Morgan fingerprint density at radius 3 is 2.68 bits per heavy atom. The SMILES string of the molecule is COCCOCC(Sc1nc(=O)[nH]cc1C)C(=O)NCc1ccc(OC)cc1. The summed E-state index contributed by atoms with van der Waals surface area (Å²) < 4.78 is 15.6. The summed E-state index contributed by atoms with van der Waals surface area (Å²) in [4.78, 5) is 30.7. The molecule has 0 aliphatic rings. The fourth-order valence-corrected chi connectivity index (χ4v) is 3.25. The van der Waals surface area contributed by atoms with E-state index in [1.165, 1.54) is 11.8 Å². The smallest absolute Gasteiger partial charge is 0.345 e. The van der Waals surface area contributed by atoms with Crippen LogP contribution in [-0.4, -0.2) is 55.2 Å². The number of ether oxygens (including phenoxy) is 3. The van der Waals surface area contributed by atoms with Crippen molar-refractivity contribution in [2.24, 2.45) is 0 Å². The van der Waals surface area contributed by atoms with E-state index in [1.54, 1.807) is 20.4 Å². The molecule has 1 aromatic heterocycles. The first kappa shape index (κ1) is 21.9. The highest BCUT2D eigenvalue weighted by Gasteiger charge is 2.22. The minimum Gasteiger partial charge on any atom is -0.497 e. The van der Waals surface area contributed by atoms with E-state index in [2.05, 4.69) is 15.3 Å². The molecule has 1 amide bonds. The quantitative estimate of drug-likeness (QED) is 0.331. The number of nitrogens with zero attached hydrogens (tertiary/aromatic N) is 1. The molecular formula is C19H25N3O5S. The zero-order valence-electron chi connectivity index (χ0n) is 16.2. The molecule has 2 aromatic rings. The van der Waals surface area contributed by atoms with Gasteiger partial charge in [0.1, 0.15) is 16.0 Å². The molecule has 0 aliphatic heterocycles. The summed E-state index contributed by atoms with van der Waals surface area (Å²) in [6, 6.07) is 7.45. The van der Waals surface area contributed by atoms with Gasteiger partial charge in [0.15, 0.2) is 0 Å². The number of aryl methyl sites for hydroxylation is 1. The van der Waals surface area contributed by atoms with E-state index in [1.807, 2.05) is 31.2 Å². The molecule has 0 saturated heterocycles. The number of aromatic amines is 1. The van der Waals surface area contributed by atoms with Gasteiger partial charge in [-0.1, -0.05) is 23.9 Å². The topological polar surface area (TPSA) is 103 Å². The zero-order valence-corrected chi connectivity index (χ0v) is 17.0. The summed E-state index contributed by atoms with van der Waals surface area (Å²) in [5.74, 6) is 0.561. The minimum absolute atomic E-state index is 0.177. The summed E-state index contributed by atoms with van der Waals surface area (Å²) >= 11 is 1.21. The van der Waals surface area contributed by atoms with Gasteiger partial charge in [-0.2, -0.15) is 4.98 Å². The Bertz CT molecular complexity index is 810. The van der Waals surface area contributed by atoms with Gasteiger partial charge in [0, 0.05) is 19.9 Å². The number of amides is 1. The number of carbonyl (C=O) groups excluding carboxylic acids is 1. The molecule has 0 fully saturated rings. The fraction of sp³-hybridized carbons (Fsp3) is 0.421. The average Bonchev–Trinajstić information content (AvgIpc) is 2.71. The van der Waals surface area contributed by atoms with E-state index < -0.39 is 10.9 Å². The van der Waals surface area contributed by atoms with Crippen molar-refractivity contribution < 1.29 is 19.0 Å². The van der Waals surface area contributed by atoms with E-state index >= 15 is 0 Å². The maximum atomic E-state index is 12.7. The monoisotopic (exact) mass is 407 g/mol. The molecule has 0 bridgehead atoms. The molecule has 0 aliphatic carbocycles. The van der Waals surface area contributed by atoms with Crippen LogP contribution in [0.15, 0.2) is 40.3 Å². The summed E-state index contributed by atoms with van der Waals surface area (Å²) in [6.07, 6.45) is 1.58. The number of rotatable bonds is 11. The minimum atomic E-state index is -0.553. The van der Waals surface area contributed by atoms with Crippen LogP contribution in [0.25, 0.3) is 0 Å². The molecule has 1 unspecified atom stereocenters. The molecule has 2 rings (SSSR count). The van der Waals surface area contributed by atoms with E-state index in [9.17, 15) is 9.59 Å². The number of hydrogen-bond acceptors (Lipinski definition) is 7. The van der Waals surface area contributed by atoms with Crippen molar-refractivity contribution in [2.75, 3.05) is 34.0 Å². The lowest BCUT2D eigenvalue weighted by Gasteiger charge is -2.17. The third-order valence-corrected chi connectivity index (χ3v) is 5.10. The number of thioether (sulfide) groups is 1. The third-order valence-electron chi connectivity index (χ3n) is 3.83. The van der Waals surface area contributed by atoms with Crippen LogP contribution in [0.3, 0.4) is 0 Å². The molecule has 0 spiro atoms. The second-order valence-corrected chi connectivity index (χ2v) is 7.13. The van der Waals surface area contributed by atoms with Crippen LogP contribution >= 0.6 is 11.8 Å². The normalized spacial score (nSPS) is 11.8. The van der Waals surface area contributed by atoms with Crippen molar-refractivity contribution in [3.05, 3.63) is 52.1 Å². The van der Waals surface area contributed by atoms with Gasteiger partial charge in [0.2, 0.25) is 5.91 Å². The molecular weight excluding hydrogens is 382 g/mol. The highest BCUT2D eigenvalue weighted by Crippen LogP contribution is 2.24. The molecule has 9 heteroatoms. The molecule has 28 heavy (non-hydrogen) atoms. The van der Waals surface area contributed by atoms with Crippen LogP contribution in [0.4, 0.5) is 0 Å². The Labute approximate surface area is 168 Å². The number of H-pyrrole nitrogens is 1. The van der Waals surface area contributed by atoms with Crippen molar-refractivity contribution in [1.82, 2.24) is 15.3 Å². The van der Waals surface area contributed by atoms with Gasteiger partial charge >= 0.3 is 5.69 Å². The molecule has 2 N–H and O–H groups in total. The Kier molecular flexibility index (Phi) is 8.99. The van der Waals surface area contributed by atoms with Gasteiger partial charge in [-0.15, -0.1) is 0 Å². The second kappa shape index (κ2) is 11.5. The van der Waals surface area contributed by atoms with E-state index in [4.69, 9.17) is 14.2 Å². The van der Waals surface area contributed by atoms with Crippen molar-refractivity contribution in [2.45, 2.75) is 23.7 Å². The van der Waals surface area contributed by atoms with Gasteiger partial charge < -0.3 is 24.5 Å². The molecule has 152 valence electrons. The third kappa shape index (κ3) is 6.99. The van der Waals surface area contributed by atoms with E-state index in [-0.39, 0.29) is 12.5 Å². The number of hydrogen-bond donors (Lipinski definition) is 2. The lowest BCUT2D eigenvalue weighted by Crippen LogP contribution is -2.35. The van der Waals surface area contributed by atoms with Crippen LogP contribution < -0.4 is 15.7 Å². The summed E-state index contributed by atoms with van der Waals surface area (Å²) in [6.45, 7) is 3.19. The largest absolute Gasteiger partial charge is 0.497 e. The average molecular weight is 407 g/mol. The molecule has 0 saturated carbocycles. The lowest BCUT2D eigenvalue weighted by atomic mass is 10.2. The number of benzene rings is 1. The van der Waals surface area contributed by atoms with Crippen LogP contribution in [0.1, 0.15) is 11.1 Å². The molecule has 0 radical (unpaired) electrons. The van der Waals surface area contributed by atoms with E-state index in [0.717, 1.165) is 16.9 Å². The van der Waals surface area contributed by atoms with Gasteiger partial charge in [0.25, 0.3) is 0 Å². The highest BCUT2D eigenvalue weighted by molar-refractivity contribution is 8.00. The number of aromatic nitrogens is 2. The van der Waals surface area contributed by atoms with Gasteiger partial charge in [-0.3, -0.25) is 4.79 Å². The second-order valence-electron chi connectivity index (χ2n) is 5.93. The summed E-state index contributed by atoms with van der Waals surface area (Å²) in [5, 5.41) is 2.86. The number of carbonyl (C=O) groups is 1. The van der Waals surface area contributed by atoms with E-state index in [0.29, 0.717) is 24.8 Å². The van der Waals surface area contributed by atoms with Crippen LogP contribution in [0, 0.1) is 6.92 Å². The zero-order chi connectivity index (χ0) is 20.4. The Balaban J connectivity index is 2.02. The maximum Gasteiger partial charge on any atom is 0.345 e. The highest BCUT2D eigenvalue weighted by atomic mass is 32.2. The first-order valence-corrected chi connectivity index (χ1v) is 9.61. The predicted octanol–water partition coefficient (Wildman–Crippen LogP) is 1.53. The summed E-state index contributed by atoms with van der Waals surface area (Å²) in [7, 11) is 3.19. The van der Waals surface area contributed by atoms with Crippen LogP contribution in [-0.2, 0) is 20.8 Å². The van der Waals surface area contributed by atoms with Crippen molar-refractivity contribution in [1.29, 1.82) is 0 Å². The molecule has 1 heterocycles. The Morgan fingerprint density at radius 1 is 1.25 bits per heavy atom. The summed E-state index contributed by atoms with van der Waals surface area (Å²) in [5.41, 5.74) is 1.28. The molecule has 1 atom stereocenters. The predicted molar refractivity (Wildman–Crippen MR) is 107 cm³/mol. The molecule has 8 nitrogen and oxygen atoms in total. The van der Waals surface area contributed by atoms with Crippen molar-refractivity contribution in [3.8, 4) is 5.75 Å².